The second-order valence-corrected chi connectivity index (χ2v) is 5.57. The van der Waals surface area contributed by atoms with Gasteiger partial charge in [-0.25, -0.2) is 4.39 Å². The zero-order valence-corrected chi connectivity index (χ0v) is 12.8. The maximum atomic E-state index is 13.1. The number of para-hydroxylation sites is 1. The average molecular weight is 322 g/mol. The van der Waals surface area contributed by atoms with Gasteiger partial charge in [-0.2, -0.15) is 5.10 Å². The second-order valence-electron chi connectivity index (χ2n) is 5.57. The highest BCUT2D eigenvalue weighted by Gasteiger charge is 2.15. The molecule has 24 heavy (non-hydrogen) atoms. The van der Waals surface area contributed by atoms with Crippen LogP contribution in [0.25, 0.3) is 22.4 Å². The number of aromatic nitrogens is 2. The van der Waals surface area contributed by atoms with E-state index in [0.717, 1.165) is 22.2 Å². The van der Waals surface area contributed by atoms with Gasteiger partial charge >= 0.3 is 0 Å². The Hall–Kier alpha value is -2.92. The smallest absolute Gasteiger partial charge is 0.155 e. The number of nitrogens with zero attached hydrogens (tertiary/aromatic N) is 2. The lowest BCUT2D eigenvalue weighted by molar-refractivity contribution is 0.248. The molecule has 1 N–H and O–H groups in total. The van der Waals surface area contributed by atoms with Crippen LogP contribution in [0.2, 0.25) is 0 Å². The van der Waals surface area contributed by atoms with E-state index in [0.29, 0.717) is 18.1 Å². The predicted octanol–water partition coefficient (Wildman–Crippen LogP) is 3.98. The van der Waals surface area contributed by atoms with E-state index in [1.165, 1.54) is 12.1 Å². The topological polar surface area (TPSA) is 51.2 Å². The van der Waals surface area contributed by atoms with Gasteiger partial charge in [0, 0.05) is 5.39 Å². The lowest BCUT2D eigenvalue weighted by Gasteiger charge is -2.03. The summed E-state index contributed by atoms with van der Waals surface area (Å²) in [5, 5.41) is 14.8. The Balaban J connectivity index is 1.80. The summed E-state index contributed by atoms with van der Waals surface area (Å²) < 4.78 is 20.6. The van der Waals surface area contributed by atoms with Crippen molar-refractivity contribution in [1.29, 1.82) is 0 Å². The van der Waals surface area contributed by atoms with E-state index in [1.807, 2.05) is 35.0 Å². The number of hydrogen-bond donors (Lipinski definition) is 1. The highest BCUT2D eigenvalue weighted by Crippen LogP contribution is 2.29. The number of halogens is 1. The Labute approximate surface area is 137 Å². The van der Waals surface area contributed by atoms with Gasteiger partial charge in [0.15, 0.2) is 5.76 Å². The van der Waals surface area contributed by atoms with Crippen LogP contribution in [0.3, 0.4) is 0 Å². The number of aliphatic hydroxyl groups is 1. The van der Waals surface area contributed by atoms with Crippen LogP contribution in [0, 0.1) is 5.82 Å². The summed E-state index contributed by atoms with van der Waals surface area (Å²) in [6.07, 6.45) is 0. The van der Waals surface area contributed by atoms with Crippen molar-refractivity contribution in [3.63, 3.8) is 0 Å². The molecule has 0 bridgehead atoms. The zero-order chi connectivity index (χ0) is 16.5. The van der Waals surface area contributed by atoms with Crippen LogP contribution in [0.15, 0.2) is 65.1 Å². The Morgan fingerprint density at radius 1 is 1.00 bits per heavy atom. The molecule has 0 aliphatic heterocycles. The minimum absolute atomic E-state index is 0.145. The molecule has 4 aromatic rings. The van der Waals surface area contributed by atoms with Gasteiger partial charge in [-0.3, -0.25) is 4.68 Å². The molecule has 2 aromatic carbocycles. The quantitative estimate of drug-likeness (QED) is 0.618. The molecule has 0 aliphatic carbocycles. The van der Waals surface area contributed by atoms with Crippen molar-refractivity contribution in [3.05, 3.63) is 77.8 Å². The molecular weight excluding hydrogens is 307 g/mol. The molecule has 0 unspecified atom stereocenters. The molecule has 0 saturated heterocycles. The van der Waals surface area contributed by atoms with E-state index in [-0.39, 0.29) is 12.4 Å². The lowest BCUT2D eigenvalue weighted by atomic mass is 10.2. The largest absolute Gasteiger partial charge is 0.457 e. The number of aliphatic hydroxyl groups excluding tert-OH is 1. The normalized spacial score (nSPS) is 11.2. The van der Waals surface area contributed by atoms with Crippen LogP contribution in [0.4, 0.5) is 4.39 Å². The van der Waals surface area contributed by atoms with Crippen LogP contribution in [-0.4, -0.2) is 14.9 Å². The Bertz CT molecular complexity index is 986. The third kappa shape index (κ3) is 2.59. The molecule has 4 nitrogen and oxygen atoms in total. The molecule has 0 amide bonds. The first kappa shape index (κ1) is 14.7. The fraction of sp³-hybridized carbons (Fsp3) is 0.105. The van der Waals surface area contributed by atoms with Crippen molar-refractivity contribution in [2.45, 2.75) is 13.2 Å². The molecule has 0 fully saturated rings. The van der Waals surface area contributed by atoms with Gasteiger partial charge in [-0.15, -0.1) is 0 Å². The summed E-state index contributed by atoms with van der Waals surface area (Å²) in [5.41, 5.74) is 2.66. The van der Waals surface area contributed by atoms with E-state index in [1.54, 1.807) is 18.2 Å². The summed E-state index contributed by atoms with van der Waals surface area (Å²) >= 11 is 0. The molecule has 0 aliphatic rings. The van der Waals surface area contributed by atoms with Crippen LogP contribution >= 0.6 is 0 Å². The first-order chi connectivity index (χ1) is 11.7. The van der Waals surface area contributed by atoms with Crippen molar-refractivity contribution < 1.29 is 13.9 Å². The number of rotatable bonds is 4. The molecule has 120 valence electrons. The van der Waals surface area contributed by atoms with Crippen molar-refractivity contribution in [2.24, 2.45) is 0 Å². The molecule has 4 rings (SSSR count). The van der Waals surface area contributed by atoms with Crippen LogP contribution in [-0.2, 0) is 13.2 Å². The maximum absolute atomic E-state index is 13.1. The molecule has 0 radical (unpaired) electrons. The van der Waals surface area contributed by atoms with Gasteiger partial charge in [0.05, 0.1) is 12.1 Å². The summed E-state index contributed by atoms with van der Waals surface area (Å²) in [7, 11) is 0. The monoisotopic (exact) mass is 322 g/mol. The third-order valence-electron chi connectivity index (χ3n) is 3.95. The Morgan fingerprint density at radius 2 is 1.79 bits per heavy atom. The van der Waals surface area contributed by atoms with E-state index < -0.39 is 0 Å². The number of benzene rings is 2. The van der Waals surface area contributed by atoms with Crippen molar-refractivity contribution in [2.75, 3.05) is 0 Å². The van der Waals surface area contributed by atoms with Crippen molar-refractivity contribution in [1.82, 2.24) is 9.78 Å². The fourth-order valence-corrected chi connectivity index (χ4v) is 2.78. The van der Waals surface area contributed by atoms with E-state index >= 15 is 0 Å². The summed E-state index contributed by atoms with van der Waals surface area (Å²) in [6, 6.07) is 17.8. The van der Waals surface area contributed by atoms with Crippen molar-refractivity contribution >= 4 is 10.9 Å². The summed E-state index contributed by atoms with van der Waals surface area (Å²) in [4.78, 5) is 0. The minimum Gasteiger partial charge on any atom is -0.457 e. The van der Waals surface area contributed by atoms with Crippen LogP contribution in [0.5, 0.6) is 0 Å². The first-order valence-corrected chi connectivity index (χ1v) is 7.64. The van der Waals surface area contributed by atoms with Gasteiger partial charge in [-0.05, 0) is 35.9 Å². The molecule has 0 atom stereocenters. The van der Waals surface area contributed by atoms with Crippen molar-refractivity contribution in [3.8, 4) is 11.5 Å². The number of furan rings is 1. The SMILES string of the molecule is OCc1ccc(-c2nn(Cc3ccc(F)cc3)c3ccccc23)o1. The predicted molar refractivity (Wildman–Crippen MR) is 88.9 cm³/mol. The Morgan fingerprint density at radius 3 is 2.54 bits per heavy atom. The van der Waals surface area contributed by atoms with E-state index in [4.69, 9.17) is 4.42 Å². The molecular formula is C19H15FN2O2. The van der Waals surface area contributed by atoms with Gasteiger partial charge in [-0.1, -0.05) is 30.3 Å². The maximum Gasteiger partial charge on any atom is 0.155 e. The minimum atomic E-state index is -0.253. The first-order valence-electron chi connectivity index (χ1n) is 7.64. The zero-order valence-electron chi connectivity index (χ0n) is 12.8. The highest BCUT2D eigenvalue weighted by molar-refractivity contribution is 5.92. The highest BCUT2D eigenvalue weighted by atomic mass is 19.1. The van der Waals surface area contributed by atoms with Gasteiger partial charge < -0.3 is 9.52 Å². The molecule has 2 heterocycles. The van der Waals surface area contributed by atoms with Gasteiger partial charge in [0.25, 0.3) is 0 Å². The molecule has 0 spiro atoms. The van der Waals surface area contributed by atoms with Crippen LogP contribution in [0.1, 0.15) is 11.3 Å². The second kappa shape index (κ2) is 5.94. The van der Waals surface area contributed by atoms with E-state index in [9.17, 15) is 9.50 Å². The molecule has 2 aromatic heterocycles. The van der Waals surface area contributed by atoms with Gasteiger partial charge in [0.2, 0.25) is 0 Å². The molecule has 0 saturated carbocycles. The third-order valence-corrected chi connectivity index (χ3v) is 3.95. The average Bonchev–Trinajstić information content (AvgIpc) is 3.22. The summed E-state index contributed by atoms with van der Waals surface area (Å²) in [6.45, 7) is 0.391. The van der Waals surface area contributed by atoms with E-state index in [2.05, 4.69) is 5.10 Å². The standard InChI is InChI=1S/C19H15FN2O2/c20-14-7-5-13(6-8-14)11-22-17-4-2-1-3-16(17)19(21-22)18-10-9-15(12-23)24-18/h1-10,23H,11-12H2. The number of hydrogen-bond acceptors (Lipinski definition) is 3. The van der Waals surface area contributed by atoms with Crippen LogP contribution < -0.4 is 0 Å². The molecule has 5 heteroatoms. The number of fused-ring (bicyclic) bond motifs is 1. The Kier molecular flexibility index (Phi) is 3.63. The summed E-state index contributed by atoms with van der Waals surface area (Å²) in [5.74, 6) is 0.868. The fourth-order valence-electron chi connectivity index (χ4n) is 2.78. The lowest BCUT2D eigenvalue weighted by Crippen LogP contribution is -2.01. The van der Waals surface area contributed by atoms with Gasteiger partial charge in [0.1, 0.15) is 23.9 Å².